The topological polar surface area (TPSA) is 76.2 Å². The Labute approximate surface area is 268 Å². The van der Waals surface area contributed by atoms with Crippen molar-refractivity contribution in [3.8, 4) is 11.5 Å². The van der Waals surface area contributed by atoms with E-state index in [0.29, 0.717) is 40.4 Å². The Hall–Kier alpha value is -4.96. The van der Waals surface area contributed by atoms with Crippen LogP contribution in [0.25, 0.3) is 16.8 Å². The molecule has 1 fully saturated rings. The van der Waals surface area contributed by atoms with Crippen molar-refractivity contribution >= 4 is 68.7 Å². The van der Waals surface area contributed by atoms with Crippen LogP contribution in [0.5, 0.6) is 11.5 Å². The van der Waals surface area contributed by atoms with Crippen LogP contribution in [0.4, 0.5) is 16.2 Å². The molecule has 8 heteroatoms. The van der Waals surface area contributed by atoms with Crippen molar-refractivity contribution in [2.45, 2.75) is 13.5 Å². The van der Waals surface area contributed by atoms with Crippen LogP contribution < -0.4 is 19.3 Å². The Morgan fingerprint density at radius 3 is 2.25 bits per heavy atom. The van der Waals surface area contributed by atoms with Gasteiger partial charge in [-0.15, -0.1) is 0 Å². The second kappa shape index (κ2) is 12.3. The summed E-state index contributed by atoms with van der Waals surface area (Å²) in [6.07, 6.45) is 1.50. The fraction of sp³-hybridized carbons (Fsp3) is 0.0833. The number of barbiturate groups is 1. The lowest BCUT2D eigenvalue weighted by atomic mass is 10.0. The zero-order valence-corrected chi connectivity index (χ0v) is 26.1. The van der Waals surface area contributed by atoms with Crippen LogP contribution >= 0.6 is 22.6 Å². The minimum Gasteiger partial charge on any atom is -0.493 e. The van der Waals surface area contributed by atoms with E-state index in [-0.39, 0.29) is 5.57 Å². The average Bonchev–Trinajstić information content (AvgIpc) is 3.03. The van der Waals surface area contributed by atoms with Crippen molar-refractivity contribution in [2.75, 3.05) is 16.9 Å². The summed E-state index contributed by atoms with van der Waals surface area (Å²) >= 11 is 2.15. The third-order valence-corrected chi connectivity index (χ3v) is 8.11. The maximum atomic E-state index is 14.1. The number of carbonyl (C=O) groups excluding carboxylic acids is 3. The van der Waals surface area contributed by atoms with Crippen LogP contribution in [-0.2, 0) is 16.2 Å². The second-order valence-corrected chi connectivity index (χ2v) is 11.4. The number of aryl methyl sites for hydroxylation is 1. The Bertz CT molecular complexity index is 1950. The molecule has 0 aliphatic carbocycles. The minimum atomic E-state index is -0.740. The van der Waals surface area contributed by atoms with Crippen LogP contribution in [-0.4, -0.2) is 25.0 Å². The standard InChI is InChI=1S/C36H27IN2O5/c1-23-10-8-15-27(18-23)38-34(40)29(35(41)39(36(38)42)31-17-9-14-26-13-6-7-16-28(26)31)19-25-20-30(37)33(32(21-25)43-2)44-22-24-11-4-3-5-12-24/h3-21H,22H2,1-2H3/b29-19+. The number of rotatable bonds is 7. The van der Waals surface area contributed by atoms with E-state index < -0.39 is 17.8 Å². The summed E-state index contributed by atoms with van der Waals surface area (Å²) in [5.74, 6) is -0.415. The summed E-state index contributed by atoms with van der Waals surface area (Å²) in [6.45, 7) is 2.22. The van der Waals surface area contributed by atoms with Gasteiger partial charge < -0.3 is 9.47 Å². The van der Waals surface area contributed by atoms with Crippen molar-refractivity contribution in [2.24, 2.45) is 0 Å². The molecule has 6 rings (SSSR count). The van der Waals surface area contributed by atoms with Crippen molar-refractivity contribution in [1.82, 2.24) is 0 Å². The molecule has 0 saturated carbocycles. The molecule has 4 amide bonds. The lowest BCUT2D eigenvalue weighted by molar-refractivity contribution is -0.121. The van der Waals surface area contributed by atoms with E-state index in [0.717, 1.165) is 29.9 Å². The summed E-state index contributed by atoms with van der Waals surface area (Å²) < 4.78 is 12.5. The number of nitrogens with zero attached hydrogens (tertiary/aromatic N) is 2. The van der Waals surface area contributed by atoms with Crippen LogP contribution in [0.1, 0.15) is 16.7 Å². The Morgan fingerprint density at radius 2 is 1.48 bits per heavy atom. The fourth-order valence-corrected chi connectivity index (χ4v) is 5.98. The summed E-state index contributed by atoms with van der Waals surface area (Å²) in [5.41, 5.74) is 3.03. The predicted molar refractivity (Wildman–Crippen MR) is 180 cm³/mol. The highest BCUT2D eigenvalue weighted by molar-refractivity contribution is 14.1. The lowest BCUT2D eigenvalue weighted by Crippen LogP contribution is -2.57. The number of amides is 4. The van der Waals surface area contributed by atoms with Gasteiger partial charge in [0.05, 0.1) is 22.1 Å². The van der Waals surface area contributed by atoms with Gasteiger partial charge in [0.25, 0.3) is 11.8 Å². The first kappa shape index (κ1) is 29.1. The summed E-state index contributed by atoms with van der Waals surface area (Å²) in [5, 5.41) is 1.58. The van der Waals surface area contributed by atoms with Gasteiger partial charge >= 0.3 is 6.03 Å². The number of benzene rings is 5. The molecule has 7 nitrogen and oxygen atoms in total. The van der Waals surface area contributed by atoms with Crippen molar-refractivity contribution < 1.29 is 23.9 Å². The van der Waals surface area contributed by atoms with Crippen LogP contribution in [0.15, 0.2) is 115 Å². The lowest BCUT2D eigenvalue weighted by Gasteiger charge is -2.34. The number of fused-ring (bicyclic) bond motifs is 1. The molecule has 0 spiro atoms. The third kappa shape index (κ3) is 5.56. The number of imide groups is 2. The quantitative estimate of drug-likeness (QED) is 0.0984. The zero-order chi connectivity index (χ0) is 30.8. The molecule has 0 atom stereocenters. The number of hydrogen-bond donors (Lipinski definition) is 0. The molecule has 1 saturated heterocycles. The van der Waals surface area contributed by atoms with Gasteiger partial charge in [0.2, 0.25) is 0 Å². The highest BCUT2D eigenvalue weighted by Gasteiger charge is 2.44. The molecule has 44 heavy (non-hydrogen) atoms. The van der Waals surface area contributed by atoms with Crippen molar-refractivity contribution in [3.05, 3.63) is 135 Å². The number of urea groups is 1. The number of anilines is 2. The van der Waals surface area contributed by atoms with E-state index in [1.165, 1.54) is 13.2 Å². The second-order valence-electron chi connectivity index (χ2n) is 10.3. The molecular formula is C36H27IN2O5. The number of methoxy groups -OCH3 is 1. The average molecular weight is 695 g/mol. The van der Waals surface area contributed by atoms with Gasteiger partial charge in [0, 0.05) is 5.39 Å². The number of hydrogen-bond acceptors (Lipinski definition) is 5. The highest BCUT2D eigenvalue weighted by atomic mass is 127. The van der Waals surface area contributed by atoms with E-state index in [1.807, 2.05) is 79.7 Å². The van der Waals surface area contributed by atoms with Crippen LogP contribution in [0, 0.1) is 10.5 Å². The van der Waals surface area contributed by atoms with Gasteiger partial charge in [-0.05, 0) is 88.0 Å². The van der Waals surface area contributed by atoms with Gasteiger partial charge in [-0.1, -0.05) is 78.9 Å². The summed E-state index contributed by atoms with van der Waals surface area (Å²) in [4.78, 5) is 44.3. The van der Waals surface area contributed by atoms with E-state index in [4.69, 9.17) is 9.47 Å². The van der Waals surface area contributed by atoms with Gasteiger partial charge in [-0.2, -0.15) is 0 Å². The Balaban J connectivity index is 1.45. The predicted octanol–water partition coefficient (Wildman–Crippen LogP) is 7.92. The van der Waals surface area contributed by atoms with Gasteiger partial charge in [-0.25, -0.2) is 14.6 Å². The number of ether oxygens (including phenoxy) is 2. The van der Waals surface area contributed by atoms with Crippen molar-refractivity contribution in [1.29, 1.82) is 0 Å². The molecular weight excluding hydrogens is 667 g/mol. The fourth-order valence-electron chi connectivity index (χ4n) is 5.20. The van der Waals surface area contributed by atoms with Crippen LogP contribution in [0.2, 0.25) is 0 Å². The zero-order valence-electron chi connectivity index (χ0n) is 24.0. The van der Waals surface area contributed by atoms with Gasteiger partial charge in [0.15, 0.2) is 11.5 Å². The molecule has 0 unspecified atom stereocenters. The van der Waals surface area contributed by atoms with E-state index in [2.05, 4.69) is 22.6 Å². The molecule has 0 bridgehead atoms. The first-order chi connectivity index (χ1) is 21.4. The summed E-state index contributed by atoms with van der Waals surface area (Å²) in [6, 6.07) is 32.6. The van der Waals surface area contributed by atoms with E-state index in [9.17, 15) is 14.4 Å². The molecule has 5 aromatic carbocycles. The van der Waals surface area contributed by atoms with Crippen LogP contribution in [0.3, 0.4) is 0 Å². The Morgan fingerprint density at radius 1 is 0.773 bits per heavy atom. The molecule has 0 N–H and O–H groups in total. The first-order valence-electron chi connectivity index (χ1n) is 13.9. The third-order valence-electron chi connectivity index (χ3n) is 7.31. The molecule has 1 aliphatic heterocycles. The first-order valence-corrected chi connectivity index (χ1v) is 15.0. The Kier molecular flexibility index (Phi) is 8.17. The van der Waals surface area contributed by atoms with E-state index in [1.54, 1.807) is 36.4 Å². The SMILES string of the molecule is COc1cc(/C=C2\C(=O)N(c3cccc(C)c3)C(=O)N(c3cccc4ccccc34)C2=O)cc(I)c1OCc1ccccc1. The molecule has 5 aromatic rings. The number of carbonyl (C=O) groups is 3. The molecule has 1 aliphatic rings. The molecule has 0 aromatic heterocycles. The van der Waals surface area contributed by atoms with Gasteiger partial charge in [-0.3, -0.25) is 9.59 Å². The maximum absolute atomic E-state index is 14.1. The van der Waals surface area contributed by atoms with Crippen molar-refractivity contribution in [3.63, 3.8) is 0 Å². The number of halogens is 1. The minimum absolute atomic E-state index is 0.158. The molecule has 218 valence electrons. The van der Waals surface area contributed by atoms with E-state index >= 15 is 0 Å². The largest absolute Gasteiger partial charge is 0.493 e. The molecule has 0 radical (unpaired) electrons. The smallest absolute Gasteiger partial charge is 0.343 e. The highest BCUT2D eigenvalue weighted by Crippen LogP contribution is 2.37. The van der Waals surface area contributed by atoms with Gasteiger partial charge in [0.1, 0.15) is 12.2 Å². The monoisotopic (exact) mass is 694 g/mol. The molecule has 1 heterocycles. The summed E-state index contributed by atoms with van der Waals surface area (Å²) in [7, 11) is 1.54. The maximum Gasteiger partial charge on any atom is 0.343 e. The normalized spacial score (nSPS) is 14.4.